The molecule has 0 unspecified atom stereocenters. The summed E-state index contributed by atoms with van der Waals surface area (Å²) < 4.78 is 13.0. The number of aromatic nitrogens is 3. The molecular formula is C24H24N4O3. The van der Waals surface area contributed by atoms with Gasteiger partial charge in [0, 0.05) is 5.69 Å². The Labute approximate surface area is 180 Å². The number of pyridine rings is 1. The van der Waals surface area contributed by atoms with Crippen molar-refractivity contribution in [3.8, 4) is 5.75 Å². The fraction of sp³-hybridized carbons (Fsp3) is 0.208. The number of hydrogen-bond acceptors (Lipinski definition) is 6. The van der Waals surface area contributed by atoms with Crippen LogP contribution in [0.5, 0.6) is 5.75 Å². The van der Waals surface area contributed by atoms with Crippen LogP contribution in [0.15, 0.2) is 60.7 Å². The van der Waals surface area contributed by atoms with Crippen LogP contribution in [0.4, 0.5) is 5.95 Å². The van der Waals surface area contributed by atoms with Crippen molar-refractivity contribution in [2.45, 2.75) is 27.0 Å². The van der Waals surface area contributed by atoms with Crippen LogP contribution in [0.2, 0.25) is 0 Å². The van der Waals surface area contributed by atoms with Gasteiger partial charge in [0.15, 0.2) is 0 Å². The zero-order valence-corrected chi connectivity index (χ0v) is 17.5. The molecule has 7 nitrogen and oxygen atoms in total. The molecule has 7 heteroatoms. The minimum absolute atomic E-state index is 0.318. The highest BCUT2D eigenvalue weighted by Gasteiger charge is 2.15. The second-order valence-electron chi connectivity index (χ2n) is 7.15. The number of fused-ring (bicyclic) bond motifs is 1. The first-order valence-electron chi connectivity index (χ1n) is 10.1. The number of ether oxygens (including phenoxy) is 2. The van der Waals surface area contributed by atoms with Crippen molar-refractivity contribution in [3.63, 3.8) is 0 Å². The van der Waals surface area contributed by atoms with Crippen LogP contribution >= 0.6 is 0 Å². The van der Waals surface area contributed by atoms with Crippen molar-refractivity contribution in [3.05, 3.63) is 83.2 Å². The van der Waals surface area contributed by atoms with Gasteiger partial charge >= 0.3 is 5.97 Å². The van der Waals surface area contributed by atoms with E-state index in [0.717, 1.165) is 22.5 Å². The van der Waals surface area contributed by atoms with E-state index < -0.39 is 0 Å². The third kappa shape index (κ3) is 4.50. The number of nitrogens with two attached hydrogens (primary N) is 1. The number of carbonyl (C=O) groups is 1. The number of nitrogens with zero attached hydrogens (tertiary/aromatic N) is 3. The third-order valence-electron chi connectivity index (χ3n) is 4.91. The number of anilines is 1. The Balaban J connectivity index is 1.63. The van der Waals surface area contributed by atoms with E-state index >= 15 is 0 Å². The zero-order valence-electron chi connectivity index (χ0n) is 17.5. The van der Waals surface area contributed by atoms with Gasteiger partial charge in [0.05, 0.1) is 29.7 Å². The predicted molar refractivity (Wildman–Crippen MR) is 119 cm³/mol. The van der Waals surface area contributed by atoms with Crippen molar-refractivity contribution in [2.75, 3.05) is 12.3 Å². The molecule has 0 fully saturated rings. The average molecular weight is 416 g/mol. The van der Waals surface area contributed by atoms with Crippen molar-refractivity contribution in [2.24, 2.45) is 0 Å². The maximum absolute atomic E-state index is 12.0. The lowest BCUT2D eigenvalue weighted by atomic mass is 10.2. The van der Waals surface area contributed by atoms with E-state index in [1.165, 1.54) is 0 Å². The monoisotopic (exact) mass is 416 g/mol. The van der Waals surface area contributed by atoms with Crippen LogP contribution in [0.25, 0.3) is 11.0 Å². The lowest BCUT2D eigenvalue weighted by Gasteiger charge is -2.13. The standard InChI is InChI=1S/C24H24N4O3/c1-3-30-23(29)18-10-11-21-19(13-18)27-24(25)28(21)14-20-22(12-9-16(2)26-20)31-15-17-7-5-4-6-8-17/h4-13H,3,14-15H2,1-2H3,(H2,25,27). The molecule has 2 heterocycles. The topological polar surface area (TPSA) is 92.3 Å². The van der Waals surface area contributed by atoms with Crippen LogP contribution in [0.1, 0.15) is 34.2 Å². The molecule has 4 rings (SSSR count). The lowest BCUT2D eigenvalue weighted by molar-refractivity contribution is 0.0526. The summed E-state index contributed by atoms with van der Waals surface area (Å²) in [7, 11) is 0. The lowest BCUT2D eigenvalue weighted by Crippen LogP contribution is -2.09. The highest BCUT2D eigenvalue weighted by atomic mass is 16.5. The first-order valence-corrected chi connectivity index (χ1v) is 10.1. The van der Waals surface area contributed by atoms with Crippen LogP contribution in [-0.4, -0.2) is 27.1 Å². The van der Waals surface area contributed by atoms with Crippen molar-refractivity contribution in [1.82, 2.24) is 14.5 Å². The Kier molecular flexibility index (Phi) is 5.84. The van der Waals surface area contributed by atoms with Gasteiger partial charge in [0.1, 0.15) is 18.1 Å². The highest BCUT2D eigenvalue weighted by Crippen LogP contribution is 2.25. The zero-order chi connectivity index (χ0) is 21.8. The number of benzene rings is 2. The van der Waals surface area contributed by atoms with Crippen LogP contribution in [0, 0.1) is 6.92 Å². The van der Waals surface area contributed by atoms with E-state index in [-0.39, 0.29) is 5.97 Å². The first kappa shape index (κ1) is 20.4. The predicted octanol–water partition coefficient (Wildman–Crippen LogP) is 4.13. The number of imidazole rings is 1. The van der Waals surface area contributed by atoms with Gasteiger partial charge in [0.2, 0.25) is 5.95 Å². The molecule has 0 amide bonds. The molecule has 158 valence electrons. The SMILES string of the molecule is CCOC(=O)c1ccc2c(c1)nc(N)n2Cc1nc(C)ccc1OCc1ccccc1. The quantitative estimate of drug-likeness (QED) is 0.456. The largest absolute Gasteiger partial charge is 0.487 e. The van der Waals surface area contributed by atoms with E-state index in [9.17, 15) is 4.79 Å². The van der Waals surface area contributed by atoms with Gasteiger partial charge in [-0.05, 0) is 49.7 Å². The number of nitrogen functional groups attached to an aromatic ring is 1. The fourth-order valence-corrected chi connectivity index (χ4v) is 3.38. The maximum Gasteiger partial charge on any atom is 0.338 e. The summed E-state index contributed by atoms with van der Waals surface area (Å²) in [6.45, 7) is 4.87. The van der Waals surface area contributed by atoms with Gasteiger partial charge in [-0.2, -0.15) is 0 Å². The Bertz CT molecular complexity index is 1220. The van der Waals surface area contributed by atoms with Crippen molar-refractivity contribution < 1.29 is 14.3 Å². The van der Waals surface area contributed by atoms with Gasteiger partial charge in [-0.15, -0.1) is 0 Å². The normalized spacial score (nSPS) is 10.9. The number of carbonyl (C=O) groups excluding carboxylic acids is 1. The summed E-state index contributed by atoms with van der Waals surface area (Å²) in [6, 6.07) is 19.1. The number of rotatable bonds is 7. The number of hydrogen-bond donors (Lipinski definition) is 1. The van der Waals surface area contributed by atoms with E-state index in [1.54, 1.807) is 19.1 Å². The van der Waals surface area contributed by atoms with E-state index in [1.807, 2.05) is 60.0 Å². The third-order valence-corrected chi connectivity index (χ3v) is 4.91. The van der Waals surface area contributed by atoms with E-state index in [2.05, 4.69) is 9.97 Å². The van der Waals surface area contributed by atoms with E-state index in [4.69, 9.17) is 15.2 Å². The summed E-state index contributed by atoms with van der Waals surface area (Å²) in [6.07, 6.45) is 0. The molecular weight excluding hydrogens is 392 g/mol. The second-order valence-corrected chi connectivity index (χ2v) is 7.15. The minimum atomic E-state index is -0.380. The average Bonchev–Trinajstić information content (AvgIpc) is 3.08. The summed E-state index contributed by atoms with van der Waals surface area (Å²) in [5.41, 5.74) is 10.8. The van der Waals surface area contributed by atoms with Gasteiger partial charge in [-0.3, -0.25) is 4.98 Å². The van der Waals surface area contributed by atoms with Crippen molar-refractivity contribution in [1.29, 1.82) is 0 Å². The van der Waals surface area contributed by atoms with Gasteiger partial charge < -0.3 is 19.8 Å². The Morgan fingerprint density at radius 3 is 2.65 bits per heavy atom. The summed E-state index contributed by atoms with van der Waals surface area (Å²) >= 11 is 0. The van der Waals surface area contributed by atoms with Gasteiger partial charge in [0.25, 0.3) is 0 Å². The molecule has 31 heavy (non-hydrogen) atoms. The number of esters is 1. The molecule has 2 N–H and O–H groups in total. The molecule has 0 atom stereocenters. The molecule has 0 aliphatic carbocycles. The van der Waals surface area contributed by atoms with Gasteiger partial charge in [-0.25, -0.2) is 9.78 Å². The van der Waals surface area contributed by atoms with Crippen LogP contribution < -0.4 is 10.5 Å². The Morgan fingerprint density at radius 2 is 1.87 bits per heavy atom. The Hall–Kier alpha value is -3.87. The molecule has 0 saturated heterocycles. The second kappa shape index (κ2) is 8.87. The molecule has 4 aromatic rings. The molecule has 2 aromatic carbocycles. The fourth-order valence-electron chi connectivity index (χ4n) is 3.38. The molecule has 0 spiro atoms. The Morgan fingerprint density at radius 1 is 1.06 bits per heavy atom. The van der Waals surface area contributed by atoms with Crippen LogP contribution in [0.3, 0.4) is 0 Å². The molecule has 0 aliphatic rings. The van der Waals surface area contributed by atoms with E-state index in [0.29, 0.717) is 42.5 Å². The molecule has 0 radical (unpaired) electrons. The van der Waals surface area contributed by atoms with Crippen LogP contribution in [-0.2, 0) is 17.9 Å². The smallest absolute Gasteiger partial charge is 0.338 e. The number of aryl methyl sites for hydroxylation is 1. The highest BCUT2D eigenvalue weighted by molar-refractivity contribution is 5.94. The molecule has 0 aliphatic heterocycles. The maximum atomic E-state index is 12.0. The molecule has 0 bridgehead atoms. The molecule has 2 aromatic heterocycles. The minimum Gasteiger partial charge on any atom is -0.487 e. The van der Waals surface area contributed by atoms with Gasteiger partial charge in [-0.1, -0.05) is 30.3 Å². The summed E-state index contributed by atoms with van der Waals surface area (Å²) in [4.78, 5) is 21.1. The first-order chi connectivity index (χ1) is 15.0. The van der Waals surface area contributed by atoms with Crippen molar-refractivity contribution >= 4 is 23.0 Å². The molecule has 0 saturated carbocycles. The summed E-state index contributed by atoms with van der Waals surface area (Å²) in [5.74, 6) is 0.654. The summed E-state index contributed by atoms with van der Waals surface area (Å²) in [5, 5.41) is 0.